The number of methoxy groups -OCH3 is 1. The molecule has 0 fully saturated rings. The zero-order valence-corrected chi connectivity index (χ0v) is 19.0. The van der Waals surface area contributed by atoms with E-state index in [1.165, 1.54) is 24.1 Å². The van der Waals surface area contributed by atoms with Crippen LogP contribution in [0, 0.1) is 0 Å². The number of carbonyl (C=O) groups excluding carboxylic acids is 1. The summed E-state index contributed by atoms with van der Waals surface area (Å²) in [6, 6.07) is 20.3. The van der Waals surface area contributed by atoms with Crippen molar-refractivity contribution in [1.29, 1.82) is 0 Å². The molecule has 0 spiro atoms. The first-order chi connectivity index (χ1) is 15.8. The lowest BCUT2D eigenvalue weighted by Crippen LogP contribution is -2.24. The van der Waals surface area contributed by atoms with Crippen LogP contribution in [0.15, 0.2) is 82.8 Å². The summed E-state index contributed by atoms with van der Waals surface area (Å²) in [6.45, 7) is 1.48. The lowest BCUT2D eigenvalue weighted by molar-refractivity contribution is -0.130. The van der Waals surface area contributed by atoms with Gasteiger partial charge in [-0.1, -0.05) is 30.3 Å². The summed E-state index contributed by atoms with van der Waals surface area (Å²) in [5.74, 6) is 0.584. The third-order valence-electron chi connectivity index (χ3n) is 5.37. The Balaban J connectivity index is 1.53. The molecule has 3 N–H and O–H groups in total. The monoisotopic (exact) mass is 464 g/mol. The number of nitrogens with two attached hydrogens (primary N) is 1. The van der Waals surface area contributed by atoms with Crippen molar-refractivity contribution in [1.82, 2.24) is 5.01 Å². The predicted octanol–water partition coefficient (Wildman–Crippen LogP) is 3.78. The molecule has 0 saturated carbocycles. The maximum atomic E-state index is 12.6. The van der Waals surface area contributed by atoms with Crippen molar-refractivity contribution >= 4 is 33.0 Å². The van der Waals surface area contributed by atoms with Gasteiger partial charge in [0.15, 0.2) is 0 Å². The highest BCUT2D eigenvalue weighted by molar-refractivity contribution is 7.92. The second kappa shape index (κ2) is 8.95. The van der Waals surface area contributed by atoms with Crippen LogP contribution in [-0.2, 0) is 14.8 Å². The van der Waals surface area contributed by atoms with Crippen molar-refractivity contribution in [3.05, 3.63) is 83.9 Å². The van der Waals surface area contributed by atoms with Crippen LogP contribution in [0.1, 0.15) is 30.5 Å². The van der Waals surface area contributed by atoms with Crippen molar-refractivity contribution in [3.8, 4) is 5.75 Å². The number of benzene rings is 3. The summed E-state index contributed by atoms with van der Waals surface area (Å²) in [6.07, 6.45) is 0.542. The second-order valence-electron chi connectivity index (χ2n) is 7.66. The lowest BCUT2D eigenvalue weighted by atomic mass is 9.98. The molecule has 0 aromatic heterocycles. The van der Waals surface area contributed by atoms with Gasteiger partial charge in [-0.05, 0) is 53.6 Å². The number of hydrogen-bond acceptors (Lipinski definition) is 6. The van der Waals surface area contributed by atoms with Crippen molar-refractivity contribution in [2.45, 2.75) is 24.3 Å². The van der Waals surface area contributed by atoms with Gasteiger partial charge >= 0.3 is 0 Å². The molecular formula is C24H24N4O4S. The fourth-order valence-electron chi connectivity index (χ4n) is 3.69. The molecule has 0 unspecified atom stereocenters. The van der Waals surface area contributed by atoms with Gasteiger partial charge in [-0.2, -0.15) is 5.10 Å². The van der Waals surface area contributed by atoms with Gasteiger partial charge in [-0.15, -0.1) is 0 Å². The first-order valence-corrected chi connectivity index (χ1v) is 11.7. The zero-order valence-electron chi connectivity index (χ0n) is 18.2. The van der Waals surface area contributed by atoms with Crippen molar-refractivity contribution in [3.63, 3.8) is 0 Å². The summed E-state index contributed by atoms with van der Waals surface area (Å²) >= 11 is 0. The van der Waals surface area contributed by atoms with Crippen LogP contribution in [0.25, 0.3) is 0 Å². The van der Waals surface area contributed by atoms with Gasteiger partial charge in [0.1, 0.15) is 5.75 Å². The van der Waals surface area contributed by atoms with E-state index in [1.54, 1.807) is 43.5 Å². The van der Waals surface area contributed by atoms with Gasteiger partial charge in [0, 0.05) is 24.7 Å². The highest BCUT2D eigenvalue weighted by atomic mass is 32.2. The summed E-state index contributed by atoms with van der Waals surface area (Å²) in [5, 5.41) is 6.02. The SMILES string of the molecule is COc1ccc([C@@H]2CC(c3ccc(NS(=O)(=O)c4cccc(N)c4)cc3)=NN2C(C)=O)cc1. The largest absolute Gasteiger partial charge is 0.497 e. The van der Waals surface area contributed by atoms with Gasteiger partial charge in [0.05, 0.1) is 23.8 Å². The summed E-state index contributed by atoms with van der Waals surface area (Å²) in [5.41, 5.74) is 8.99. The Hall–Kier alpha value is -3.85. The first kappa shape index (κ1) is 22.3. The molecule has 0 aliphatic carbocycles. The number of nitrogens with one attached hydrogen (secondary N) is 1. The molecule has 4 rings (SSSR count). The molecule has 1 atom stereocenters. The number of hydrogen-bond donors (Lipinski definition) is 2. The van der Waals surface area contributed by atoms with E-state index in [0.717, 1.165) is 22.6 Å². The van der Waals surface area contributed by atoms with Gasteiger partial charge in [-0.25, -0.2) is 13.4 Å². The Morgan fingerprint density at radius 3 is 2.39 bits per heavy atom. The normalized spacial score (nSPS) is 15.8. The van der Waals surface area contributed by atoms with Crippen LogP contribution in [0.3, 0.4) is 0 Å². The number of carbonyl (C=O) groups is 1. The number of amides is 1. The van der Waals surface area contributed by atoms with Crippen LogP contribution < -0.4 is 15.2 Å². The van der Waals surface area contributed by atoms with Crippen molar-refractivity contribution in [2.75, 3.05) is 17.6 Å². The van der Waals surface area contributed by atoms with Crippen molar-refractivity contribution < 1.29 is 17.9 Å². The molecule has 8 nitrogen and oxygen atoms in total. The molecule has 1 heterocycles. The van der Waals surface area contributed by atoms with Crippen LogP contribution in [0.4, 0.5) is 11.4 Å². The standard InChI is InChI=1S/C24H24N4O4S/c1-16(29)28-24(18-8-12-21(32-2)13-9-18)15-23(26-28)17-6-10-20(11-7-17)27-33(30,31)22-5-3-4-19(25)14-22/h3-14,24,27H,15,25H2,1-2H3/t24-/m0/s1. The van der Waals surface area contributed by atoms with E-state index in [1.807, 2.05) is 24.3 Å². The number of anilines is 2. The van der Waals surface area contributed by atoms with Crippen LogP contribution in [0.2, 0.25) is 0 Å². The Morgan fingerprint density at radius 2 is 1.79 bits per heavy atom. The topological polar surface area (TPSA) is 114 Å². The van der Waals surface area contributed by atoms with E-state index in [4.69, 9.17) is 10.5 Å². The molecule has 1 amide bonds. The van der Waals surface area contributed by atoms with E-state index < -0.39 is 10.0 Å². The Morgan fingerprint density at radius 1 is 1.09 bits per heavy atom. The molecule has 0 bridgehead atoms. The van der Waals surface area contributed by atoms with E-state index in [-0.39, 0.29) is 16.8 Å². The zero-order chi connectivity index (χ0) is 23.6. The summed E-state index contributed by atoms with van der Waals surface area (Å²) < 4.78 is 33.0. The minimum Gasteiger partial charge on any atom is -0.497 e. The number of sulfonamides is 1. The lowest BCUT2D eigenvalue weighted by Gasteiger charge is -2.20. The minimum absolute atomic E-state index is 0.0891. The first-order valence-electron chi connectivity index (χ1n) is 10.3. The maximum Gasteiger partial charge on any atom is 0.261 e. The Labute approximate surface area is 192 Å². The highest BCUT2D eigenvalue weighted by Crippen LogP contribution is 2.33. The minimum atomic E-state index is -3.76. The fourth-order valence-corrected chi connectivity index (χ4v) is 4.80. The highest BCUT2D eigenvalue weighted by Gasteiger charge is 2.31. The van der Waals surface area contributed by atoms with Crippen molar-refractivity contribution in [2.24, 2.45) is 5.10 Å². The summed E-state index contributed by atoms with van der Waals surface area (Å²) in [4.78, 5) is 12.3. The molecule has 0 saturated heterocycles. The van der Waals surface area contributed by atoms with Crippen LogP contribution in [0.5, 0.6) is 5.75 Å². The molecule has 3 aromatic rings. The van der Waals surface area contributed by atoms with E-state index in [2.05, 4.69) is 9.82 Å². The molecule has 0 radical (unpaired) electrons. The van der Waals surface area contributed by atoms with Crippen LogP contribution in [-0.4, -0.2) is 32.2 Å². The number of hydrazone groups is 1. The molecule has 1 aliphatic heterocycles. The third-order valence-corrected chi connectivity index (χ3v) is 6.75. The molecule has 33 heavy (non-hydrogen) atoms. The summed E-state index contributed by atoms with van der Waals surface area (Å²) in [7, 11) is -2.16. The average Bonchev–Trinajstić information content (AvgIpc) is 3.25. The number of rotatable bonds is 6. The van der Waals surface area contributed by atoms with Gasteiger partial charge in [-0.3, -0.25) is 9.52 Å². The average molecular weight is 465 g/mol. The number of ether oxygens (including phenoxy) is 1. The predicted molar refractivity (Wildman–Crippen MR) is 128 cm³/mol. The Bertz CT molecular complexity index is 1300. The van der Waals surface area contributed by atoms with E-state index in [0.29, 0.717) is 17.8 Å². The molecular weight excluding hydrogens is 440 g/mol. The second-order valence-corrected chi connectivity index (χ2v) is 9.34. The van der Waals surface area contributed by atoms with Gasteiger partial charge in [0.25, 0.3) is 10.0 Å². The number of nitrogens with zero attached hydrogens (tertiary/aromatic N) is 2. The van der Waals surface area contributed by atoms with Gasteiger partial charge < -0.3 is 10.5 Å². The van der Waals surface area contributed by atoms with E-state index >= 15 is 0 Å². The van der Waals surface area contributed by atoms with E-state index in [9.17, 15) is 13.2 Å². The van der Waals surface area contributed by atoms with Gasteiger partial charge in [0.2, 0.25) is 5.91 Å². The third kappa shape index (κ3) is 4.83. The Kier molecular flexibility index (Phi) is 6.06. The molecule has 170 valence electrons. The maximum absolute atomic E-state index is 12.6. The molecule has 3 aromatic carbocycles. The quantitative estimate of drug-likeness (QED) is 0.539. The molecule has 1 aliphatic rings. The van der Waals surface area contributed by atoms with Crippen LogP contribution >= 0.6 is 0 Å². The fraction of sp³-hybridized carbons (Fsp3) is 0.167. The number of nitrogen functional groups attached to an aromatic ring is 1. The molecule has 9 heteroatoms. The smallest absolute Gasteiger partial charge is 0.261 e.